The van der Waals surface area contributed by atoms with Crippen molar-refractivity contribution in [2.75, 3.05) is 0 Å². The van der Waals surface area contributed by atoms with Crippen molar-refractivity contribution in [3.05, 3.63) is 54.9 Å². The molecule has 5 heteroatoms. The molecule has 0 N–H and O–H groups in total. The molecule has 0 radical (unpaired) electrons. The molecule has 0 atom stereocenters. The van der Waals surface area contributed by atoms with Crippen LogP contribution in [-0.4, -0.2) is 19.5 Å². The maximum atomic E-state index is 13.5. The zero-order valence-electron chi connectivity index (χ0n) is 11.3. The van der Waals surface area contributed by atoms with Gasteiger partial charge in [-0.1, -0.05) is 0 Å². The van der Waals surface area contributed by atoms with E-state index in [1.54, 1.807) is 18.6 Å². The predicted molar refractivity (Wildman–Crippen MR) is 79.2 cm³/mol. The first kappa shape index (κ1) is 12.0. The molecule has 0 saturated heterocycles. The average Bonchev–Trinajstić information content (AvgIpc) is 2.80. The summed E-state index contributed by atoms with van der Waals surface area (Å²) in [6, 6.07) is 7.28. The van der Waals surface area contributed by atoms with Crippen molar-refractivity contribution in [3.8, 4) is 11.3 Å². The molecular weight excluding hydrogens is 267 g/mol. The molecule has 0 fully saturated rings. The Bertz CT molecular complexity index is 960. The highest BCUT2D eigenvalue weighted by Gasteiger charge is 2.12. The number of halogens is 1. The molecule has 21 heavy (non-hydrogen) atoms. The molecule has 0 aliphatic heterocycles. The first-order valence-electron chi connectivity index (χ1n) is 6.54. The van der Waals surface area contributed by atoms with Crippen LogP contribution in [0, 0.1) is 5.82 Å². The average molecular weight is 278 g/mol. The highest BCUT2D eigenvalue weighted by atomic mass is 19.1. The van der Waals surface area contributed by atoms with E-state index >= 15 is 0 Å². The Morgan fingerprint density at radius 2 is 1.95 bits per heavy atom. The van der Waals surface area contributed by atoms with E-state index in [-0.39, 0.29) is 5.82 Å². The van der Waals surface area contributed by atoms with Gasteiger partial charge in [-0.3, -0.25) is 9.97 Å². The Hall–Kier alpha value is -2.82. The zero-order valence-corrected chi connectivity index (χ0v) is 11.3. The summed E-state index contributed by atoms with van der Waals surface area (Å²) in [5.41, 5.74) is 3.42. The highest BCUT2D eigenvalue weighted by Crippen LogP contribution is 2.29. The second-order valence-electron chi connectivity index (χ2n) is 4.91. The molecule has 4 aromatic heterocycles. The Balaban J connectivity index is 2.07. The lowest BCUT2D eigenvalue weighted by Gasteiger charge is -2.01. The summed E-state index contributed by atoms with van der Waals surface area (Å²) < 4.78 is 15.4. The molecule has 4 aromatic rings. The van der Waals surface area contributed by atoms with E-state index in [1.807, 2.05) is 29.8 Å². The SMILES string of the molecule is Cn1c2cnc(-c3cccnc3)cc2c2cc(F)cnc21. The van der Waals surface area contributed by atoms with E-state index in [2.05, 4.69) is 15.0 Å². The summed E-state index contributed by atoms with van der Waals surface area (Å²) in [7, 11) is 1.90. The number of hydrogen-bond acceptors (Lipinski definition) is 3. The van der Waals surface area contributed by atoms with Gasteiger partial charge in [-0.2, -0.15) is 0 Å². The van der Waals surface area contributed by atoms with Gasteiger partial charge >= 0.3 is 0 Å². The van der Waals surface area contributed by atoms with Gasteiger partial charge in [0, 0.05) is 35.8 Å². The van der Waals surface area contributed by atoms with Gasteiger partial charge < -0.3 is 4.57 Å². The van der Waals surface area contributed by atoms with Gasteiger partial charge in [0.1, 0.15) is 11.5 Å². The number of hydrogen-bond donors (Lipinski definition) is 0. The molecular formula is C16H11FN4. The lowest BCUT2D eigenvalue weighted by atomic mass is 10.1. The molecule has 0 bridgehead atoms. The molecule has 4 nitrogen and oxygen atoms in total. The second kappa shape index (κ2) is 4.34. The van der Waals surface area contributed by atoms with Crippen LogP contribution in [0.2, 0.25) is 0 Å². The number of pyridine rings is 3. The predicted octanol–water partition coefficient (Wildman–Crippen LogP) is 3.32. The van der Waals surface area contributed by atoms with Crippen LogP contribution >= 0.6 is 0 Å². The quantitative estimate of drug-likeness (QED) is 0.536. The molecule has 0 aromatic carbocycles. The van der Waals surface area contributed by atoms with E-state index in [0.717, 1.165) is 33.2 Å². The van der Waals surface area contributed by atoms with E-state index in [0.29, 0.717) is 0 Å². The van der Waals surface area contributed by atoms with Crippen LogP contribution in [-0.2, 0) is 7.05 Å². The molecule has 0 saturated carbocycles. The summed E-state index contributed by atoms with van der Waals surface area (Å²) in [5, 5.41) is 1.73. The van der Waals surface area contributed by atoms with Gasteiger partial charge in [0.05, 0.1) is 23.6 Å². The van der Waals surface area contributed by atoms with Crippen molar-refractivity contribution >= 4 is 21.9 Å². The first-order chi connectivity index (χ1) is 10.2. The van der Waals surface area contributed by atoms with Crippen LogP contribution < -0.4 is 0 Å². The Morgan fingerprint density at radius 1 is 1.05 bits per heavy atom. The van der Waals surface area contributed by atoms with Crippen LogP contribution in [0.25, 0.3) is 33.2 Å². The van der Waals surface area contributed by atoms with Crippen LogP contribution in [0.5, 0.6) is 0 Å². The minimum Gasteiger partial charge on any atom is -0.327 e. The fourth-order valence-corrected chi connectivity index (χ4v) is 2.61. The zero-order chi connectivity index (χ0) is 14.4. The van der Waals surface area contributed by atoms with Crippen molar-refractivity contribution in [2.24, 2.45) is 7.05 Å². The van der Waals surface area contributed by atoms with Crippen molar-refractivity contribution in [3.63, 3.8) is 0 Å². The molecule has 0 spiro atoms. The molecule has 0 aliphatic rings. The standard InChI is InChI=1S/C16H11FN4/c1-21-15-9-19-14(10-3-2-4-18-7-10)6-12(15)13-5-11(17)8-20-16(13)21/h2-9H,1H3. The van der Waals surface area contributed by atoms with E-state index in [1.165, 1.54) is 12.3 Å². The van der Waals surface area contributed by atoms with Gasteiger partial charge in [0.25, 0.3) is 0 Å². The molecule has 4 heterocycles. The summed E-state index contributed by atoms with van der Waals surface area (Å²) in [5.74, 6) is -0.338. The number of fused-ring (bicyclic) bond motifs is 3. The fraction of sp³-hybridized carbons (Fsp3) is 0.0625. The van der Waals surface area contributed by atoms with Crippen LogP contribution in [0.4, 0.5) is 4.39 Å². The van der Waals surface area contributed by atoms with Crippen LogP contribution in [0.3, 0.4) is 0 Å². The third-order valence-corrected chi connectivity index (χ3v) is 3.64. The van der Waals surface area contributed by atoms with Gasteiger partial charge in [-0.25, -0.2) is 9.37 Å². The summed E-state index contributed by atoms with van der Waals surface area (Å²) >= 11 is 0. The Kier molecular flexibility index (Phi) is 2.47. The molecule has 0 amide bonds. The van der Waals surface area contributed by atoms with E-state index < -0.39 is 0 Å². The third-order valence-electron chi connectivity index (χ3n) is 3.64. The summed E-state index contributed by atoms with van der Waals surface area (Å²) in [6.07, 6.45) is 6.51. The van der Waals surface area contributed by atoms with E-state index in [9.17, 15) is 4.39 Å². The molecule has 0 unspecified atom stereocenters. The first-order valence-corrected chi connectivity index (χ1v) is 6.54. The summed E-state index contributed by atoms with van der Waals surface area (Å²) in [6.45, 7) is 0. The molecule has 102 valence electrons. The maximum Gasteiger partial charge on any atom is 0.142 e. The van der Waals surface area contributed by atoms with E-state index in [4.69, 9.17) is 0 Å². The number of aromatic nitrogens is 4. The Labute approximate surface area is 119 Å². The van der Waals surface area contributed by atoms with Crippen LogP contribution in [0.15, 0.2) is 49.1 Å². The topological polar surface area (TPSA) is 43.6 Å². The van der Waals surface area contributed by atoms with Crippen LogP contribution in [0.1, 0.15) is 0 Å². The van der Waals surface area contributed by atoms with Crippen molar-refractivity contribution in [2.45, 2.75) is 0 Å². The highest BCUT2D eigenvalue weighted by molar-refractivity contribution is 6.07. The van der Waals surface area contributed by atoms with Crippen molar-refractivity contribution < 1.29 is 4.39 Å². The molecule has 0 aliphatic carbocycles. The van der Waals surface area contributed by atoms with Gasteiger partial charge in [-0.05, 0) is 24.3 Å². The largest absolute Gasteiger partial charge is 0.327 e. The normalized spacial score (nSPS) is 11.3. The Morgan fingerprint density at radius 3 is 2.76 bits per heavy atom. The number of aryl methyl sites for hydroxylation is 1. The second-order valence-corrected chi connectivity index (χ2v) is 4.91. The van der Waals surface area contributed by atoms with Crippen molar-refractivity contribution in [1.82, 2.24) is 19.5 Å². The number of rotatable bonds is 1. The van der Waals surface area contributed by atoms with Gasteiger partial charge in [0.15, 0.2) is 0 Å². The molecule has 4 rings (SSSR count). The van der Waals surface area contributed by atoms with Gasteiger partial charge in [0.2, 0.25) is 0 Å². The monoisotopic (exact) mass is 278 g/mol. The lowest BCUT2D eigenvalue weighted by Crippen LogP contribution is -1.90. The number of nitrogens with zero attached hydrogens (tertiary/aromatic N) is 4. The van der Waals surface area contributed by atoms with Crippen molar-refractivity contribution in [1.29, 1.82) is 0 Å². The fourth-order valence-electron chi connectivity index (χ4n) is 2.61. The minimum atomic E-state index is -0.338. The minimum absolute atomic E-state index is 0.338. The van der Waals surface area contributed by atoms with Gasteiger partial charge in [-0.15, -0.1) is 0 Å². The smallest absolute Gasteiger partial charge is 0.142 e. The maximum absolute atomic E-state index is 13.5. The third kappa shape index (κ3) is 1.78. The summed E-state index contributed by atoms with van der Waals surface area (Å²) in [4.78, 5) is 12.7. The lowest BCUT2D eigenvalue weighted by molar-refractivity contribution is 0.624.